The van der Waals surface area contributed by atoms with Crippen LogP contribution >= 0.6 is 0 Å². The van der Waals surface area contributed by atoms with E-state index in [-0.39, 0.29) is 11.5 Å². The summed E-state index contributed by atoms with van der Waals surface area (Å²) in [5.74, 6) is -0.981. The second kappa shape index (κ2) is 5.78. The van der Waals surface area contributed by atoms with Gasteiger partial charge in [-0.15, -0.1) is 0 Å². The lowest BCUT2D eigenvalue weighted by Crippen LogP contribution is -2.23. The summed E-state index contributed by atoms with van der Waals surface area (Å²) in [5.41, 5.74) is -1.80. The zero-order valence-electron chi connectivity index (χ0n) is 11.3. The maximum absolute atomic E-state index is 13.1. The van der Waals surface area contributed by atoms with Crippen LogP contribution in [0.3, 0.4) is 0 Å². The minimum absolute atomic E-state index is 0.117. The number of aliphatic hydroxyl groups is 1. The van der Waals surface area contributed by atoms with Crippen LogP contribution in [0.25, 0.3) is 0 Å². The molecule has 0 fully saturated rings. The molecule has 0 amide bonds. The van der Waals surface area contributed by atoms with Crippen LogP contribution in [0, 0.1) is 16.0 Å². The fourth-order valence-corrected chi connectivity index (χ4v) is 2.37. The number of non-ortho nitro benzene ring substituents is 1. The van der Waals surface area contributed by atoms with Gasteiger partial charge in [0.05, 0.1) is 16.6 Å². The molecular weight excluding hydrogens is 275 g/mol. The normalized spacial score (nSPS) is 15.2. The summed E-state index contributed by atoms with van der Waals surface area (Å²) >= 11 is 0. The molecule has 0 heterocycles. The summed E-state index contributed by atoms with van der Waals surface area (Å²) in [7, 11) is 0. The number of aliphatic hydroxyl groups excluding tert-OH is 1. The SMILES string of the molecule is CC(C)C(c1ccc([N+](=O)[O-])cc1C(F)(F)F)C(C)O. The first-order chi connectivity index (χ1) is 9.05. The fourth-order valence-electron chi connectivity index (χ4n) is 2.37. The van der Waals surface area contributed by atoms with Crippen molar-refractivity contribution < 1.29 is 23.2 Å². The molecule has 0 radical (unpaired) electrons. The molecule has 1 aromatic rings. The van der Waals surface area contributed by atoms with Crippen LogP contribution < -0.4 is 0 Å². The van der Waals surface area contributed by atoms with Crippen LogP contribution in [0.1, 0.15) is 37.8 Å². The van der Waals surface area contributed by atoms with Gasteiger partial charge in [-0.25, -0.2) is 0 Å². The lowest BCUT2D eigenvalue weighted by molar-refractivity contribution is -0.385. The number of hydrogen-bond acceptors (Lipinski definition) is 3. The molecule has 20 heavy (non-hydrogen) atoms. The number of alkyl halides is 3. The van der Waals surface area contributed by atoms with E-state index in [4.69, 9.17) is 0 Å². The van der Waals surface area contributed by atoms with Crippen molar-refractivity contribution in [3.63, 3.8) is 0 Å². The van der Waals surface area contributed by atoms with Crippen LogP contribution in [0.5, 0.6) is 0 Å². The topological polar surface area (TPSA) is 63.4 Å². The number of halogens is 3. The Morgan fingerprint density at radius 2 is 1.80 bits per heavy atom. The first-order valence-electron chi connectivity index (χ1n) is 6.09. The first-order valence-corrected chi connectivity index (χ1v) is 6.09. The van der Waals surface area contributed by atoms with Crippen molar-refractivity contribution in [3.05, 3.63) is 39.4 Å². The first kappa shape index (κ1) is 16.4. The molecule has 0 saturated heterocycles. The van der Waals surface area contributed by atoms with Crippen molar-refractivity contribution in [1.82, 2.24) is 0 Å². The van der Waals surface area contributed by atoms with E-state index in [0.29, 0.717) is 6.07 Å². The summed E-state index contributed by atoms with van der Waals surface area (Å²) in [5, 5.41) is 20.3. The predicted octanol–water partition coefficient (Wildman–Crippen LogP) is 3.73. The van der Waals surface area contributed by atoms with Gasteiger partial charge in [-0.2, -0.15) is 13.2 Å². The lowest BCUT2D eigenvalue weighted by atomic mass is 9.82. The standard InChI is InChI=1S/C13H16F3NO3/c1-7(2)12(8(3)18)10-5-4-9(17(19)20)6-11(10)13(14,15)16/h4-8,12,18H,1-3H3. The number of benzene rings is 1. The van der Waals surface area contributed by atoms with E-state index in [1.807, 2.05) is 0 Å². The molecule has 2 atom stereocenters. The van der Waals surface area contributed by atoms with Crippen molar-refractivity contribution in [1.29, 1.82) is 0 Å². The Morgan fingerprint density at radius 3 is 2.15 bits per heavy atom. The summed E-state index contributed by atoms with van der Waals surface area (Å²) in [6, 6.07) is 2.63. The van der Waals surface area contributed by atoms with Gasteiger partial charge >= 0.3 is 6.18 Å². The van der Waals surface area contributed by atoms with Gasteiger partial charge in [0.25, 0.3) is 5.69 Å². The maximum Gasteiger partial charge on any atom is 0.416 e. The van der Waals surface area contributed by atoms with E-state index >= 15 is 0 Å². The van der Waals surface area contributed by atoms with Crippen molar-refractivity contribution in [2.75, 3.05) is 0 Å². The van der Waals surface area contributed by atoms with Crippen LogP contribution in [-0.2, 0) is 6.18 Å². The van der Waals surface area contributed by atoms with Gasteiger partial charge in [0.1, 0.15) is 0 Å². The number of nitro benzene ring substituents is 1. The van der Waals surface area contributed by atoms with Gasteiger partial charge < -0.3 is 5.11 Å². The third-order valence-corrected chi connectivity index (χ3v) is 3.15. The summed E-state index contributed by atoms with van der Waals surface area (Å²) in [4.78, 5) is 9.75. The lowest BCUT2D eigenvalue weighted by Gasteiger charge is -2.27. The van der Waals surface area contributed by atoms with Gasteiger partial charge in [0.15, 0.2) is 0 Å². The van der Waals surface area contributed by atoms with Crippen molar-refractivity contribution >= 4 is 5.69 Å². The molecule has 112 valence electrons. The average Bonchev–Trinajstić information content (AvgIpc) is 2.26. The monoisotopic (exact) mass is 291 g/mol. The van der Waals surface area contributed by atoms with E-state index < -0.39 is 34.4 Å². The second-order valence-electron chi connectivity index (χ2n) is 5.04. The predicted molar refractivity (Wildman–Crippen MR) is 67.4 cm³/mol. The largest absolute Gasteiger partial charge is 0.416 e. The third-order valence-electron chi connectivity index (χ3n) is 3.15. The van der Waals surface area contributed by atoms with Crippen LogP contribution in [-0.4, -0.2) is 16.1 Å². The molecule has 0 aliphatic carbocycles. The molecule has 0 aromatic heterocycles. The van der Waals surface area contributed by atoms with Crippen LogP contribution in [0.4, 0.5) is 18.9 Å². The molecule has 0 aliphatic rings. The Balaban J connectivity index is 3.49. The molecule has 0 bridgehead atoms. The zero-order valence-corrected chi connectivity index (χ0v) is 11.3. The molecule has 4 nitrogen and oxygen atoms in total. The second-order valence-corrected chi connectivity index (χ2v) is 5.04. The number of rotatable bonds is 4. The maximum atomic E-state index is 13.1. The molecular formula is C13H16F3NO3. The highest BCUT2D eigenvalue weighted by molar-refractivity contribution is 5.43. The van der Waals surface area contributed by atoms with Gasteiger partial charge in [0, 0.05) is 18.1 Å². The quantitative estimate of drug-likeness (QED) is 0.679. The number of nitrogens with zero attached hydrogens (tertiary/aromatic N) is 1. The number of hydrogen-bond donors (Lipinski definition) is 1. The smallest absolute Gasteiger partial charge is 0.393 e. The van der Waals surface area contributed by atoms with E-state index in [0.717, 1.165) is 12.1 Å². The zero-order chi connectivity index (χ0) is 15.7. The molecule has 0 spiro atoms. The summed E-state index contributed by atoms with van der Waals surface area (Å²) in [6.07, 6.45) is -5.69. The molecule has 1 rings (SSSR count). The van der Waals surface area contributed by atoms with E-state index in [2.05, 4.69) is 0 Å². The molecule has 7 heteroatoms. The van der Waals surface area contributed by atoms with Gasteiger partial charge in [-0.05, 0) is 18.4 Å². The van der Waals surface area contributed by atoms with Crippen molar-refractivity contribution in [2.45, 2.75) is 39.0 Å². The Kier molecular flexibility index (Phi) is 4.75. The Morgan fingerprint density at radius 1 is 1.25 bits per heavy atom. The summed E-state index contributed by atoms with van der Waals surface area (Å²) in [6.45, 7) is 4.80. The highest BCUT2D eigenvalue weighted by Gasteiger charge is 2.38. The molecule has 1 aromatic carbocycles. The molecule has 0 aliphatic heterocycles. The molecule has 2 unspecified atom stereocenters. The van der Waals surface area contributed by atoms with Crippen molar-refractivity contribution in [2.24, 2.45) is 5.92 Å². The Hall–Kier alpha value is -1.63. The van der Waals surface area contributed by atoms with E-state index in [9.17, 15) is 28.4 Å². The van der Waals surface area contributed by atoms with Gasteiger partial charge in [-0.1, -0.05) is 19.9 Å². The summed E-state index contributed by atoms with van der Waals surface area (Å²) < 4.78 is 39.2. The fraction of sp³-hybridized carbons (Fsp3) is 0.538. The van der Waals surface area contributed by atoms with E-state index in [1.165, 1.54) is 6.92 Å². The van der Waals surface area contributed by atoms with Crippen LogP contribution in [0.15, 0.2) is 18.2 Å². The Labute approximate surface area is 114 Å². The Bertz CT molecular complexity index is 490. The minimum atomic E-state index is -4.70. The average molecular weight is 291 g/mol. The number of nitro groups is 1. The van der Waals surface area contributed by atoms with Gasteiger partial charge in [-0.3, -0.25) is 10.1 Å². The molecule has 1 N–H and O–H groups in total. The minimum Gasteiger partial charge on any atom is -0.393 e. The highest BCUT2D eigenvalue weighted by Crippen LogP contribution is 2.40. The van der Waals surface area contributed by atoms with Crippen LogP contribution in [0.2, 0.25) is 0 Å². The van der Waals surface area contributed by atoms with Gasteiger partial charge in [0.2, 0.25) is 0 Å². The van der Waals surface area contributed by atoms with Crippen molar-refractivity contribution in [3.8, 4) is 0 Å². The third kappa shape index (κ3) is 3.47. The molecule has 0 saturated carbocycles. The van der Waals surface area contributed by atoms with E-state index in [1.54, 1.807) is 13.8 Å². The highest BCUT2D eigenvalue weighted by atomic mass is 19.4.